The first-order valence-corrected chi connectivity index (χ1v) is 6.09. The summed E-state index contributed by atoms with van der Waals surface area (Å²) >= 11 is 3.71. The summed E-state index contributed by atoms with van der Waals surface area (Å²) in [5, 5.41) is 0. The van der Waals surface area contributed by atoms with Crippen molar-refractivity contribution in [3.8, 4) is 0 Å². The lowest BCUT2D eigenvalue weighted by Gasteiger charge is -2.13. The molecule has 0 rings (SSSR count). The van der Waals surface area contributed by atoms with Crippen molar-refractivity contribution in [2.24, 2.45) is 11.8 Å². The van der Waals surface area contributed by atoms with Crippen molar-refractivity contribution in [1.82, 2.24) is 0 Å². The van der Waals surface area contributed by atoms with Crippen LogP contribution in [-0.4, -0.2) is 4.83 Å². The largest absolute Gasteiger partial charge is 0.0888 e. The van der Waals surface area contributed by atoms with Crippen molar-refractivity contribution in [1.29, 1.82) is 0 Å². The maximum absolute atomic E-state index is 3.71. The van der Waals surface area contributed by atoms with E-state index in [0.29, 0.717) is 0 Å². The van der Waals surface area contributed by atoms with E-state index in [1.165, 1.54) is 25.7 Å². The Morgan fingerprint density at radius 2 is 1.42 bits per heavy atom. The minimum Gasteiger partial charge on any atom is -0.0888 e. The molecule has 0 nitrogen and oxygen atoms in total. The Kier molecular flexibility index (Phi) is 7.22. The van der Waals surface area contributed by atoms with Gasteiger partial charge in [0, 0.05) is 4.83 Å². The number of alkyl halides is 1. The maximum Gasteiger partial charge on any atom is 0.0168 e. The molecule has 1 unspecified atom stereocenters. The molecule has 0 saturated carbocycles. The lowest BCUT2D eigenvalue weighted by Crippen LogP contribution is -2.06. The molecule has 0 N–H and O–H groups in total. The summed E-state index contributed by atoms with van der Waals surface area (Å²) in [4.78, 5) is 0.727. The SMILES string of the molecule is CC(C)CCCCC(Br)C(C)C. The number of hydrogen-bond acceptors (Lipinski definition) is 0. The molecule has 74 valence electrons. The molecule has 12 heavy (non-hydrogen) atoms. The third kappa shape index (κ3) is 7.15. The zero-order valence-electron chi connectivity index (χ0n) is 8.94. The molecule has 0 amide bonds. The number of hydrogen-bond donors (Lipinski definition) is 0. The highest BCUT2D eigenvalue weighted by atomic mass is 79.9. The average molecular weight is 235 g/mol. The van der Waals surface area contributed by atoms with Crippen molar-refractivity contribution >= 4 is 15.9 Å². The van der Waals surface area contributed by atoms with Crippen molar-refractivity contribution in [2.45, 2.75) is 58.2 Å². The molecule has 0 aliphatic rings. The van der Waals surface area contributed by atoms with Crippen LogP contribution in [0.5, 0.6) is 0 Å². The molecule has 0 aliphatic heterocycles. The van der Waals surface area contributed by atoms with Gasteiger partial charge in [-0.05, 0) is 18.3 Å². The summed E-state index contributed by atoms with van der Waals surface area (Å²) in [5.74, 6) is 1.65. The van der Waals surface area contributed by atoms with E-state index < -0.39 is 0 Å². The fourth-order valence-electron chi connectivity index (χ4n) is 1.23. The Labute approximate surface area is 86.3 Å². The van der Waals surface area contributed by atoms with Crippen molar-refractivity contribution in [3.63, 3.8) is 0 Å². The molecule has 0 saturated heterocycles. The maximum atomic E-state index is 3.71. The third-order valence-corrected chi connectivity index (χ3v) is 3.75. The topological polar surface area (TPSA) is 0 Å². The molecule has 0 aliphatic carbocycles. The zero-order chi connectivity index (χ0) is 9.56. The Bertz CT molecular complexity index is 97.2. The highest BCUT2D eigenvalue weighted by Crippen LogP contribution is 2.19. The smallest absolute Gasteiger partial charge is 0.0168 e. The van der Waals surface area contributed by atoms with E-state index in [1.54, 1.807) is 0 Å². The van der Waals surface area contributed by atoms with Crippen LogP contribution in [0, 0.1) is 11.8 Å². The van der Waals surface area contributed by atoms with Crippen LogP contribution < -0.4 is 0 Å². The van der Waals surface area contributed by atoms with Gasteiger partial charge in [0.2, 0.25) is 0 Å². The second kappa shape index (κ2) is 6.94. The summed E-state index contributed by atoms with van der Waals surface area (Å²) in [5.41, 5.74) is 0. The second-order valence-electron chi connectivity index (χ2n) is 4.44. The molecular formula is C11H23Br. The van der Waals surface area contributed by atoms with Gasteiger partial charge in [0.25, 0.3) is 0 Å². The van der Waals surface area contributed by atoms with E-state index >= 15 is 0 Å². The van der Waals surface area contributed by atoms with Gasteiger partial charge in [-0.1, -0.05) is 62.9 Å². The van der Waals surface area contributed by atoms with Crippen molar-refractivity contribution in [2.75, 3.05) is 0 Å². The average Bonchev–Trinajstić information content (AvgIpc) is 1.97. The Hall–Kier alpha value is 0.480. The van der Waals surface area contributed by atoms with Gasteiger partial charge in [0.05, 0.1) is 0 Å². The molecule has 0 fully saturated rings. The predicted molar refractivity (Wildman–Crippen MR) is 60.9 cm³/mol. The Morgan fingerprint density at radius 1 is 0.917 bits per heavy atom. The highest BCUT2D eigenvalue weighted by Gasteiger charge is 2.07. The monoisotopic (exact) mass is 234 g/mol. The van der Waals surface area contributed by atoms with E-state index in [0.717, 1.165) is 16.7 Å². The van der Waals surface area contributed by atoms with E-state index in [1.807, 2.05) is 0 Å². The van der Waals surface area contributed by atoms with Crippen LogP contribution in [0.2, 0.25) is 0 Å². The molecule has 0 spiro atoms. The van der Waals surface area contributed by atoms with Crippen LogP contribution in [-0.2, 0) is 0 Å². The van der Waals surface area contributed by atoms with Gasteiger partial charge in [-0.25, -0.2) is 0 Å². The lowest BCUT2D eigenvalue weighted by molar-refractivity contribution is 0.498. The standard InChI is InChI=1S/C11H23Br/c1-9(2)7-5-6-8-11(12)10(3)4/h9-11H,5-8H2,1-4H3. The van der Waals surface area contributed by atoms with Crippen LogP contribution >= 0.6 is 15.9 Å². The van der Waals surface area contributed by atoms with Gasteiger partial charge in [-0.15, -0.1) is 0 Å². The molecule has 0 aromatic heterocycles. The summed E-state index contributed by atoms with van der Waals surface area (Å²) in [6.45, 7) is 9.16. The van der Waals surface area contributed by atoms with Crippen LogP contribution in [0.15, 0.2) is 0 Å². The molecule has 0 aromatic carbocycles. The van der Waals surface area contributed by atoms with Gasteiger partial charge in [0.15, 0.2) is 0 Å². The van der Waals surface area contributed by atoms with Gasteiger partial charge < -0.3 is 0 Å². The van der Waals surface area contributed by atoms with Crippen LogP contribution in [0.3, 0.4) is 0 Å². The van der Waals surface area contributed by atoms with E-state index in [2.05, 4.69) is 43.6 Å². The summed E-state index contributed by atoms with van der Waals surface area (Å²) in [6.07, 6.45) is 5.50. The summed E-state index contributed by atoms with van der Waals surface area (Å²) in [6, 6.07) is 0. The first kappa shape index (κ1) is 12.5. The van der Waals surface area contributed by atoms with Gasteiger partial charge in [-0.3, -0.25) is 0 Å². The lowest BCUT2D eigenvalue weighted by atomic mass is 10.0. The second-order valence-corrected chi connectivity index (χ2v) is 5.61. The minimum atomic E-state index is 0.727. The van der Waals surface area contributed by atoms with Crippen LogP contribution in [0.25, 0.3) is 0 Å². The predicted octanol–water partition coefficient (Wildman–Crippen LogP) is 4.62. The number of rotatable bonds is 6. The Balaban J connectivity index is 3.20. The van der Waals surface area contributed by atoms with Gasteiger partial charge >= 0.3 is 0 Å². The fourth-order valence-corrected chi connectivity index (χ4v) is 1.55. The Morgan fingerprint density at radius 3 is 1.83 bits per heavy atom. The van der Waals surface area contributed by atoms with Crippen LogP contribution in [0.4, 0.5) is 0 Å². The molecule has 0 heterocycles. The third-order valence-electron chi connectivity index (χ3n) is 2.23. The first-order valence-electron chi connectivity index (χ1n) is 5.18. The quantitative estimate of drug-likeness (QED) is 0.465. The van der Waals surface area contributed by atoms with Crippen molar-refractivity contribution in [3.05, 3.63) is 0 Å². The zero-order valence-corrected chi connectivity index (χ0v) is 10.5. The summed E-state index contributed by atoms with van der Waals surface area (Å²) in [7, 11) is 0. The molecule has 1 heteroatoms. The highest BCUT2D eigenvalue weighted by molar-refractivity contribution is 9.09. The normalized spacial score (nSPS) is 14.2. The van der Waals surface area contributed by atoms with Crippen LogP contribution in [0.1, 0.15) is 53.4 Å². The molecular weight excluding hydrogens is 212 g/mol. The van der Waals surface area contributed by atoms with Crippen molar-refractivity contribution < 1.29 is 0 Å². The molecule has 0 aromatic rings. The van der Waals surface area contributed by atoms with Gasteiger partial charge in [-0.2, -0.15) is 0 Å². The fraction of sp³-hybridized carbons (Fsp3) is 1.00. The molecule has 0 bridgehead atoms. The first-order chi connectivity index (χ1) is 5.54. The van der Waals surface area contributed by atoms with E-state index in [-0.39, 0.29) is 0 Å². The number of halogens is 1. The van der Waals surface area contributed by atoms with Gasteiger partial charge in [0.1, 0.15) is 0 Å². The molecule has 1 atom stereocenters. The summed E-state index contributed by atoms with van der Waals surface area (Å²) < 4.78 is 0. The minimum absolute atomic E-state index is 0.727. The van der Waals surface area contributed by atoms with E-state index in [9.17, 15) is 0 Å². The molecule has 0 radical (unpaired) electrons. The van der Waals surface area contributed by atoms with E-state index in [4.69, 9.17) is 0 Å². The number of unbranched alkanes of at least 4 members (excludes halogenated alkanes) is 1.